The molecule has 2 aliphatic rings. The number of anilines is 1. The minimum Gasteiger partial charge on any atom is -0.493 e. The number of piperidine rings is 1. The smallest absolute Gasteiger partial charge is 0.256 e. The molecule has 1 saturated heterocycles. The molecule has 214 valence electrons. The van der Waals surface area contributed by atoms with Crippen LogP contribution < -0.4 is 14.8 Å². The lowest BCUT2D eigenvalue weighted by atomic mass is 10.0. The Morgan fingerprint density at radius 1 is 1.10 bits per heavy atom. The van der Waals surface area contributed by atoms with Crippen LogP contribution in [-0.2, 0) is 18.3 Å². The Bertz CT molecular complexity index is 1470. The number of ketones is 1. The fourth-order valence-electron chi connectivity index (χ4n) is 5.32. The second-order valence-electron chi connectivity index (χ2n) is 10.7. The van der Waals surface area contributed by atoms with E-state index in [1.165, 1.54) is 7.11 Å². The minimum atomic E-state index is -0.169. The zero-order chi connectivity index (χ0) is 28.9. The Kier molecular flexibility index (Phi) is 8.52. The predicted octanol–water partition coefficient (Wildman–Crippen LogP) is 5.28. The Morgan fingerprint density at radius 3 is 2.68 bits per heavy atom. The van der Waals surface area contributed by atoms with Crippen molar-refractivity contribution in [3.63, 3.8) is 0 Å². The van der Waals surface area contributed by atoms with Gasteiger partial charge in [0, 0.05) is 44.9 Å². The third-order valence-electron chi connectivity index (χ3n) is 7.57. The van der Waals surface area contributed by atoms with Crippen LogP contribution in [0.2, 0.25) is 0 Å². The summed E-state index contributed by atoms with van der Waals surface area (Å²) in [6, 6.07) is 13.1. The van der Waals surface area contributed by atoms with Crippen LogP contribution in [0.1, 0.15) is 64.1 Å². The van der Waals surface area contributed by atoms with Gasteiger partial charge in [0.25, 0.3) is 5.91 Å². The zero-order valence-corrected chi connectivity index (χ0v) is 23.8. The lowest BCUT2D eigenvalue weighted by Gasteiger charge is -2.32. The molecule has 41 heavy (non-hydrogen) atoms. The highest BCUT2D eigenvalue weighted by molar-refractivity contribution is 6.03. The molecule has 2 aromatic carbocycles. The maximum atomic E-state index is 13.2. The van der Waals surface area contributed by atoms with E-state index in [2.05, 4.69) is 10.3 Å². The first-order chi connectivity index (χ1) is 19.8. The lowest BCUT2D eigenvalue weighted by molar-refractivity contribution is -0.116. The van der Waals surface area contributed by atoms with Crippen molar-refractivity contribution in [3.05, 3.63) is 71.0 Å². The summed E-state index contributed by atoms with van der Waals surface area (Å²) in [5.41, 5.74) is 4.29. The molecule has 1 atom stereocenters. The number of fused-ring (bicyclic) bond motifs is 2. The zero-order valence-electron chi connectivity index (χ0n) is 23.8. The van der Waals surface area contributed by atoms with Crippen molar-refractivity contribution in [2.24, 2.45) is 12.0 Å². The van der Waals surface area contributed by atoms with E-state index in [0.29, 0.717) is 47.0 Å². The van der Waals surface area contributed by atoms with Crippen LogP contribution in [0.3, 0.4) is 0 Å². The Labute approximate surface area is 240 Å². The molecule has 3 aromatic rings. The van der Waals surface area contributed by atoms with Gasteiger partial charge in [-0.2, -0.15) is 0 Å². The number of aryl methyl sites for hydroxylation is 2. The van der Waals surface area contributed by atoms with Crippen LogP contribution in [0.4, 0.5) is 11.4 Å². The van der Waals surface area contributed by atoms with E-state index in [-0.39, 0.29) is 36.7 Å². The molecule has 1 aromatic heterocycles. The molecule has 0 spiro atoms. The molecular formula is C32H36N4O5. The summed E-state index contributed by atoms with van der Waals surface area (Å²) in [5.74, 6) is 0.722. The molecule has 0 saturated carbocycles. The number of methoxy groups -OCH3 is 1. The summed E-state index contributed by atoms with van der Waals surface area (Å²) < 4.78 is 13.2. The van der Waals surface area contributed by atoms with Gasteiger partial charge >= 0.3 is 0 Å². The fourth-order valence-corrected chi connectivity index (χ4v) is 5.32. The van der Waals surface area contributed by atoms with E-state index in [1.54, 1.807) is 36.0 Å². The highest BCUT2D eigenvalue weighted by atomic mass is 16.5. The van der Waals surface area contributed by atoms with Gasteiger partial charge in [0.2, 0.25) is 5.91 Å². The topological polar surface area (TPSA) is 102 Å². The summed E-state index contributed by atoms with van der Waals surface area (Å²) in [5, 5.41) is 2.87. The monoisotopic (exact) mass is 556 g/mol. The highest BCUT2D eigenvalue weighted by Gasteiger charge is 2.31. The number of amides is 2. The quantitative estimate of drug-likeness (QED) is 0.271. The van der Waals surface area contributed by atoms with E-state index in [1.807, 2.05) is 42.3 Å². The molecule has 0 aliphatic carbocycles. The van der Waals surface area contributed by atoms with Gasteiger partial charge in [0.15, 0.2) is 17.3 Å². The van der Waals surface area contributed by atoms with Crippen LogP contribution in [0.15, 0.2) is 53.7 Å². The number of aromatic nitrogens is 1. The summed E-state index contributed by atoms with van der Waals surface area (Å²) in [7, 11) is 3.33. The largest absolute Gasteiger partial charge is 0.493 e. The molecule has 2 aliphatic heterocycles. The van der Waals surface area contributed by atoms with Crippen molar-refractivity contribution >= 4 is 35.2 Å². The van der Waals surface area contributed by atoms with Gasteiger partial charge in [-0.15, -0.1) is 0 Å². The van der Waals surface area contributed by atoms with Crippen molar-refractivity contribution in [2.75, 3.05) is 25.6 Å². The van der Waals surface area contributed by atoms with E-state index >= 15 is 0 Å². The van der Waals surface area contributed by atoms with Crippen LogP contribution in [0, 0.1) is 6.92 Å². The number of nitrogens with one attached hydrogen (secondary N) is 1. The molecule has 3 heterocycles. The summed E-state index contributed by atoms with van der Waals surface area (Å²) in [6.45, 7) is 3.02. The summed E-state index contributed by atoms with van der Waals surface area (Å²) in [4.78, 5) is 45.1. The molecular weight excluding hydrogens is 520 g/mol. The minimum absolute atomic E-state index is 0.0121. The van der Waals surface area contributed by atoms with Gasteiger partial charge in [0.05, 0.1) is 42.4 Å². The number of carbonyl (C=O) groups excluding carboxylic acids is 3. The standard InChI is InChI=1S/C32H36N4O5/c1-21-9-11-22(12-10-21)15-28(37)27-16-23(20-35(27)2)34-31(38)8-6-14-41-30-18-26-25(17-29(30)40-3)32(39)36-13-5-4-7-24(36)19-33-26/h9-12,16-20,24H,4-8,13-15H2,1-3H3,(H,34,38)/t24-/m0/s1. The Hall–Kier alpha value is -4.40. The molecule has 5 rings (SSSR count). The number of ether oxygens (including phenoxy) is 2. The first-order valence-electron chi connectivity index (χ1n) is 14.1. The number of nitrogens with zero attached hydrogens (tertiary/aromatic N) is 3. The van der Waals surface area contributed by atoms with E-state index < -0.39 is 0 Å². The summed E-state index contributed by atoms with van der Waals surface area (Å²) >= 11 is 0. The van der Waals surface area contributed by atoms with Gasteiger partial charge < -0.3 is 24.3 Å². The van der Waals surface area contributed by atoms with E-state index in [0.717, 1.165) is 36.9 Å². The molecule has 9 nitrogen and oxygen atoms in total. The molecule has 1 fully saturated rings. The average molecular weight is 557 g/mol. The van der Waals surface area contributed by atoms with E-state index in [4.69, 9.17) is 9.47 Å². The molecule has 0 unspecified atom stereocenters. The summed E-state index contributed by atoms with van der Waals surface area (Å²) in [6.07, 6.45) is 7.60. The number of carbonyl (C=O) groups is 3. The average Bonchev–Trinajstić information content (AvgIpc) is 3.27. The normalized spacial score (nSPS) is 16.0. The van der Waals surface area contributed by atoms with Crippen molar-refractivity contribution in [2.45, 2.75) is 51.5 Å². The number of hydrogen-bond donors (Lipinski definition) is 1. The highest BCUT2D eigenvalue weighted by Crippen LogP contribution is 2.38. The molecule has 1 N–H and O–H groups in total. The Morgan fingerprint density at radius 2 is 1.90 bits per heavy atom. The van der Waals surface area contributed by atoms with Gasteiger partial charge in [-0.25, -0.2) is 0 Å². The van der Waals surface area contributed by atoms with Gasteiger partial charge in [-0.3, -0.25) is 19.4 Å². The second kappa shape index (κ2) is 12.4. The third kappa shape index (κ3) is 6.51. The lowest BCUT2D eigenvalue weighted by Crippen LogP contribution is -2.43. The van der Waals surface area contributed by atoms with Gasteiger partial charge in [-0.1, -0.05) is 29.8 Å². The number of benzene rings is 2. The van der Waals surface area contributed by atoms with Crippen LogP contribution >= 0.6 is 0 Å². The molecule has 0 radical (unpaired) electrons. The van der Waals surface area contributed by atoms with E-state index in [9.17, 15) is 14.4 Å². The fraction of sp³-hybridized carbons (Fsp3) is 0.375. The first kappa shape index (κ1) is 28.1. The maximum absolute atomic E-state index is 13.2. The molecule has 0 bridgehead atoms. The van der Waals surface area contributed by atoms with Gasteiger partial charge in [0.1, 0.15) is 0 Å². The number of aliphatic imine (C=N–C) groups is 1. The molecule has 2 amide bonds. The van der Waals surface area contributed by atoms with Crippen LogP contribution in [0.5, 0.6) is 11.5 Å². The van der Waals surface area contributed by atoms with Crippen molar-refractivity contribution in [1.29, 1.82) is 0 Å². The Balaban J connectivity index is 1.14. The van der Waals surface area contributed by atoms with Crippen molar-refractivity contribution in [3.8, 4) is 11.5 Å². The number of Topliss-reactive ketones (excluding diaryl/α,β-unsaturated/α-hetero) is 1. The third-order valence-corrected chi connectivity index (χ3v) is 7.57. The molecule has 9 heteroatoms. The van der Waals surface area contributed by atoms with Gasteiger partial charge in [-0.05, 0) is 50.3 Å². The van der Waals surface area contributed by atoms with Crippen molar-refractivity contribution in [1.82, 2.24) is 9.47 Å². The second-order valence-corrected chi connectivity index (χ2v) is 10.7. The van der Waals surface area contributed by atoms with Crippen molar-refractivity contribution < 1.29 is 23.9 Å². The first-order valence-corrected chi connectivity index (χ1v) is 14.1. The van der Waals surface area contributed by atoms with Crippen LogP contribution in [0.25, 0.3) is 0 Å². The predicted molar refractivity (Wildman–Crippen MR) is 158 cm³/mol. The van der Waals surface area contributed by atoms with Crippen LogP contribution in [-0.4, -0.2) is 59.6 Å². The number of hydrogen-bond acceptors (Lipinski definition) is 6. The maximum Gasteiger partial charge on any atom is 0.256 e. The number of rotatable bonds is 10. The SMILES string of the molecule is COc1cc2c(cc1OCCCC(=O)Nc1cc(C(=O)Cc3ccc(C)cc3)n(C)c1)N=C[C@@H]1CCCCN1C2=O.